The van der Waals surface area contributed by atoms with Crippen molar-refractivity contribution in [1.82, 2.24) is 24.4 Å². The van der Waals surface area contributed by atoms with Crippen molar-refractivity contribution in [1.29, 1.82) is 0 Å². The number of nitrogens with zero attached hydrogens (tertiary/aromatic N) is 5. The summed E-state index contributed by atoms with van der Waals surface area (Å²) in [5.74, 6) is -0.459. The Labute approximate surface area is 196 Å². The maximum atomic E-state index is 13.1. The number of nitrogens with two attached hydrogens (primary N) is 1. The van der Waals surface area contributed by atoms with Gasteiger partial charge in [0, 0.05) is 43.2 Å². The van der Waals surface area contributed by atoms with E-state index < -0.39 is 5.91 Å². The molecule has 3 amide bonds. The number of benzene rings is 1. The third kappa shape index (κ3) is 4.12. The van der Waals surface area contributed by atoms with E-state index in [2.05, 4.69) is 10.1 Å². The van der Waals surface area contributed by atoms with Crippen LogP contribution in [0.1, 0.15) is 33.6 Å². The van der Waals surface area contributed by atoms with Crippen LogP contribution in [0.4, 0.5) is 0 Å². The molecule has 10 heteroatoms. The third-order valence-corrected chi connectivity index (χ3v) is 6.57. The van der Waals surface area contributed by atoms with Crippen LogP contribution in [-0.4, -0.2) is 81.5 Å². The van der Waals surface area contributed by atoms with Gasteiger partial charge in [-0.3, -0.25) is 14.4 Å². The Morgan fingerprint density at radius 2 is 1.62 bits per heavy atom. The molecular formula is C24H26N6O4. The average Bonchev–Trinajstić information content (AvgIpc) is 3.38. The van der Waals surface area contributed by atoms with E-state index in [4.69, 9.17) is 10.5 Å². The number of primary amides is 1. The summed E-state index contributed by atoms with van der Waals surface area (Å²) in [5, 5.41) is 4.21. The van der Waals surface area contributed by atoms with E-state index in [1.165, 1.54) is 6.33 Å². The number of piperidine rings is 1. The predicted octanol–water partition coefficient (Wildman–Crippen LogP) is 1.21. The number of morpholine rings is 1. The SMILES string of the molecule is NC(=O)c1ccc(-c2ccc(C(=O)N3CCC(C(=O)N4CCOCC4)CC3)cc2)n2ncnc12. The maximum Gasteiger partial charge on any atom is 0.253 e. The predicted molar refractivity (Wildman–Crippen MR) is 123 cm³/mol. The molecule has 0 bridgehead atoms. The van der Waals surface area contributed by atoms with Crippen molar-refractivity contribution in [2.75, 3.05) is 39.4 Å². The smallest absolute Gasteiger partial charge is 0.253 e. The van der Waals surface area contributed by atoms with Crippen LogP contribution in [0.15, 0.2) is 42.7 Å². The van der Waals surface area contributed by atoms with Crippen LogP contribution in [0.2, 0.25) is 0 Å². The van der Waals surface area contributed by atoms with Gasteiger partial charge in [-0.1, -0.05) is 12.1 Å². The first kappa shape index (κ1) is 22.0. The Morgan fingerprint density at radius 3 is 2.29 bits per heavy atom. The highest BCUT2D eigenvalue weighted by Crippen LogP contribution is 2.25. The fraction of sp³-hybridized carbons (Fsp3) is 0.375. The Bertz CT molecular complexity index is 1220. The number of likely N-dealkylation sites (tertiary alicyclic amines) is 1. The van der Waals surface area contributed by atoms with E-state index in [0.29, 0.717) is 69.0 Å². The number of carbonyl (C=O) groups excluding carboxylic acids is 3. The van der Waals surface area contributed by atoms with Gasteiger partial charge in [0.2, 0.25) is 5.91 Å². The molecule has 0 radical (unpaired) electrons. The normalized spacial score (nSPS) is 17.2. The van der Waals surface area contributed by atoms with Gasteiger partial charge in [-0.25, -0.2) is 9.50 Å². The van der Waals surface area contributed by atoms with E-state index in [1.54, 1.807) is 28.8 Å². The van der Waals surface area contributed by atoms with Crippen LogP contribution < -0.4 is 5.73 Å². The zero-order valence-electron chi connectivity index (χ0n) is 18.7. The molecule has 2 fully saturated rings. The first-order valence-corrected chi connectivity index (χ1v) is 11.4. The first-order valence-electron chi connectivity index (χ1n) is 11.4. The highest BCUT2D eigenvalue weighted by atomic mass is 16.5. The zero-order chi connectivity index (χ0) is 23.7. The van der Waals surface area contributed by atoms with Crippen molar-refractivity contribution in [2.45, 2.75) is 12.8 Å². The molecule has 2 aliphatic rings. The van der Waals surface area contributed by atoms with Gasteiger partial charge in [0.25, 0.3) is 11.8 Å². The highest BCUT2D eigenvalue weighted by molar-refractivity contribution is 5.99. The molecule has 0 spiro atoms. The van der Waals surface area contributed by atoms with Crippen molar-refractivity contribution >= 4 is 23.4 Å². The molecule has 34 heavy (non-hydrogen) atoms. The molecule has 3 aromatic rings. The van der Waals surface area contributed by atoms with Crippen LogP contribution in [0.5, 0.6) is 0 Å². The Hall–Kier alpha value is -3.79. The molecule has 0 atom stereocenters. The molecule has 1 aromatic carbocycles. The maximum absolute atomic E-state index is 13.1. The van der Waals surface area contributed by atoms with Gasteiger partial charge in [0.1, 0.15) is 6.33 Å². The average molecular weight is 463 g/mol. The Balaban J connectivity index is 1.26. The number of fused-ring (bicyclic) bond motifs is 1. The number of rotatable bonds is 4. The van der Waals surface area contributed by atoms with Gasteiger partial charge in [0.05, 0.1) is 24.5 Å². The van der Waals surface area contributed by atoms with E-state index in [0.717, 1.165) is 11.3 Å². The minimum atomic E-state index is -0.569. The quantitative estimate of drug-likeness (QED) is 0.622. The molecule has 10 nitrogen and oxygen atoms in total. The van der Waals surface area contributed by atoms with E-state index in [1.807, 2.05) is 21.9 Å². The fourth-order valence-corrected chi connectivity index (χ4v) is 4.66. The molecule has 2 N–H and O–H groups in total. The van der Waals surface area contributed by atoms with E-state index in [9.17, 15) is 14.4 Å². The van der Waals surface area contributed by atoms with Crippen molar-refractivity contribution in [3.63, 3.8) is 0 Å². The number of hydrogen-bond donors (Lipinski definition) is 1. The lowest BCUT2D eigenvalue weighted by Gasteiger charge is -2.35. The molecule has 5 rings (SSSR count). The second-order valence-corrected chi connectivity index (χ2v) is 8.57. The molecule has 2 saturated heterocycles. The van der Waals surface area contributed by atoms with Crippen LogP contribution in [-0.2, 0) is 9.53 Å². The number of aromatic nitrogens is 3. The Morgan fingerprint density at radius 1 is 0.912 bits per heavy atom. The van der Waals surface area contributed by atoms with E-state index in [-0.39, 0.29) is 17.7 Å². The van der Waals surface area contributed by atoms with E-state index >= 15 is 0 Å². The summed E-state index contributed by atoms with van der Waals surface area (Å²) in [6, 6.07) is 10.7. The highest BCUT2D eigenvalue weighted by Gasteiger charge is 2.31. The molecule has 0 saturated carbocycles. The summed E-state index contributed by atoms with van der Waals surface area (Å²) < 4.78 is 6.89. The largest absolute Gasteiger partial charge is 0.378 e. The molecule has 2 aromatic heterocycles. The van der Waals surface area contributed by atoms with Gasteiger partial charge in [0.15, 0.2) is 5.65 Å². The van der Waals surface area contributed by atoms with Gasteiger partial charge in [-0.05, 0) is 37.1 Å². The van der Waals surface area contributed by atoms with Crippen LogP contribution >= 0.6 is 0 Å². The summed E-state index contributed by atoms with van der Waals surface area (Å²) >= 11 is 0. The number of carbonyl (C=O) groups is 3. The first-order chi connectivity index (χ1) is 16.5. The standard InChI is InChI=1S/C24H26N6O4/c25-21(31)19-5-6-20(30-22(19)26-15-27-30)16-1-3-17(4-2-16)23(32)28-9-7-18(8-10-28)24(33)29-11-13-34-14-12-29/h1-6,15,18H,7-14H2,(H2,25,31). The summed E-state index contributed by atoms with van der Waals surface area (Å²) in [6.07, 6.45) is 2.73. The minimum absolute atomic E-state index is 0.0296. The third-order valence-electron chi connectivity index (χ3n) is 6.57. The topological polar surface area (TPSA) is 123 Å². The number of amides is 3. The number of pyridine rings is 1. The van der Waals surface area contributed by atoms with Crippen LogP contribution in [0.25, 0.3) is 16.9 Å². The van der Waals surface area contributed by atoms with Crippen molar-refractivity contribution in [2.24, 2.45) is 11.7 Å². The summed E-state index contributed by atoms with van der Waals surface area (Å²) in [5.41, 5.74) is 8.26. The second kappa shape index (κ2) is 9.22. The Kier molecular flexibility index (Phi) is 5.97. The molecule has 4 heterocycles. The summed E-state index contributed by atoms with van der Waals surface area (Å²) in [7, 11) is 0. The van der Waals surface area contributed by atoms with Gasteiger partial charge < -0.3 is 20.3 Å². The monoisotopic (exact) mass is 462 g/mol. The van der Waals surface area contributed by atoms with Gasteiger partial charge in [-0.2, -0.15) is 5.10 Å². The fourth-order valence-electron chi connectivity index (χ4n) is 4.66. The zero-order valence-corrected chi connectivity index (χ0v) is 18.7. The second-order valence-electron chi connectivity index (χ2n) is 8.57. The lowest BCUT2D eigenvalue weighted by atomic mass is 9.94. The van der Waals surface area contributed by atoms with Crippen molar-refractivity contribution in [3.05, 3.63) is 53.9 Å². The molecular weight excluding hydrogens is 436 g/mol. The van der Waals surface area contributed by atoms with Gasteiger partial charge in [-0.15, -0.1) is 0 Å². The molecule has 2 aliphatic heterocycles. The number of ether oxygens (including phenoxy) is 1. The lowest BCUT2D eigenvalue weighted by molar-refractivity contribution is -0.141. The van der Waals surface area contributed by atoms with Crippen LogP contribution in [0, 0.1) is 5.92 Å². The minimum Gasteiger partial charge on any atom is -0.378 e. The van der Waals surface area contributed by atoms with Crippen LogP contribution in [0.3, 0.4) is 0 Å². The molecule has 176 valence electrons. The van der Waals surface area contributed by atoms with Crippen molar-refractivity contribution < 1.29 is 19.1 Å². The summed E-state index contributed by atoms with van der Waals surface area (Å²) in [6.45, 7) is 3.62. The summed E-state index contributed by atoms with van der Waals surface area (Å²) in [4.78, 5) is 45.3. The number of hydrogen-bond acceptors (Lipinski definition) is 6. The molecule has 0 unspecified atom stereocenters. The van der Waals surface area contributed by atoms with Crippen molar-refractivity contribution in [3.8, 4) is 11.3 Å². The van der Waals surface area contributed by atoms with Gasteiger partial charge >= 0.3 is 0 Å². The molecule has 0 aliphatic carbocycles. The lowest BCUT2D eigenvalue weighted by Crippen LogP contribution is -2.47.